The largest absolute Gasteiger partial charge is 0.310 e. The molecule has 17 heavy (non-hydrogen) atoms. The molecule has 1 saturated carbocycles. The molecule has 1 N–H and O–H groups in total. The van der Waals surface area contributed by atoms with Gasteiger partial charge in [0.05, 0.1) is 0 Å². The van der Waals surface area contributed by atoms with E-state index in [9.17, 15) is 0 Å². The van der Waals surface area contributed by atoms with E-state index < -0.39 is 0 Å². The standard InChI is InChI=1S/C15H22IN/c1-11-7-12(2)9-15(8-11)17-10-13-3-5-14(16)6-4-13/h3-6,11-12,15,17H,7-10H2,1-2H3. The van der Waals surface area contributed by atoms with Gasteiger partial charge in [-0.15, -0.1) is 0 Å². The molecule has 1 aliphatic rings. The lowest BCUT2D eigenvalue weighted by Crippen LogP contribution is -2.35. The van der Waals surface area contributed by atoms with E-state index in [1.807, 2.05) is 0 Å². The minimum atomic E-state index is 0.716. The lowest BCUT2D eigenvalue weighted by atomic mass is 9.80. The van der Waals surface area contributed by atoms with Crippen molar-refractivity contribution in [1.82, 2.24) is 5.32 Å². The average Bonchev–Trinajstić information content (AvgIpc) is 2.27. The molecule has 2 atom stereocenters. The van der Waals surface area contributed by atoms with E-state index in [4.69, 9.17) is 0 Å². The highest BCUT2D eigenvalue weighted by Crippen LogP contribution is 2.28. The summed E-state index contributed by atoms with van der Waals surface area (Å²) in [7, 11) is 0. The lowest BCUT2D eigenvalue weighted by molar-refractivity contribution is 0.238. The van der Waals surface area contributed by atoms with Crippen molar-refractivity contribution in [2.45, 2.75) is 45.7 Å². The van der Waals surface area contributed by atoms with Gasteiger partial charge >= 0.3 is 0 Å². The van der Waals surface area contributed by atoms with Gasteiger partial charge in [0.25, 0.3) is 0 Å². The minimum Gasteiger partial charge on any atom is -0.310 e. The highest BCUT2D eigenvalue weighted by atomic mass is 127. The van der Waals surface area contributed by atoms with Crippen molar-refractivity contribution in [3.8, 4) is 0 Å². The average molecular weight is 343 g/mol. The predicted molar refractivity (Wildman–Crippen MR) is 82.0 cm³/mol. The summed E-state index contributed by atoms with van der Waals surface area (Å²) in [4.78, 5) is 0. The fourth-order valence-corrected chi connectivity index (χ4v) is 3.34. The summed E-state index contributed by atoms with van der Waals surface area (Å²) in [5, 5.41) is 3.72. The van der Waals surface area contributed by atoms with Crippen LogP contribution in [0.4, 0.5) is 0 Å². The van der Waals surface area contributed by atoms with Crippen LogP contribution in [0.2, 0.25) is 0 Å². The molecule has 1 aliphatic carbocycles. The molecule has 2 rings (SSSR count). The monoisotopic (exact) mass is 343 g/mol. The van der Waals surface area contributed by atoms with Gasteiger partial charge in [0, 0.05) is 16.2 Å². The second-order valence-corrected chi connectivity index (χ2v) is 6.87. The highest BCUT2D eigenvalue weighted by molar-refractivity contribution is 14.1. The maximum atomic E-state index is 3.72. The molecule has 0 heterocycles. The molecule has 1 nitrogen and oxygen atoms in total. The molecule has 0 amide bonds. The molecular weight excluding hydrogens is 321 g/mol. The summed E-state index contributed by atoms with van der Waals surface area (Å²) in [6.07, 6.45) is 4.09. The molecule has 2 heteroatoms. The summed E-state index contributed by atoms with van der Waals surface area (Å²) in [6.45, 7) is 5.78. The number of halogens is 1. The first-order valence-corrected chi connectivity index (χ1v) is 7.69. The Morgan fingerprint density at radius 1 is 1.06 bits per heavy atom. The summed E-state index contributed by atoms with van der Waals surface area (Å²) in [5.41, 5.74) is 1.40. The first kappa shape index (κ1) is 13.3. The number of hydrogen-bond donors (Lipinski definition) is 1. The Labute approximate surface area is 119 Å². The first-order valence-electron chi connectivity index (χ1n) is 6.61. The SMILES string of the molecule is CC1CC(C)CC(NCc2ccc(I)cc2)C1. The summed E-state index contributed by atoms with van der Waals surface area (Å²) in [6, 6.07) is 9.54. The number of nitrogens with one attached hydrogen (secondary N) is 1. The Morgan fingerprint density at radius 2 is 1.65 bits per heavy atom. The molecule has 0 saturated heterocycles. The molecule has 0 aromatic heterocycles. The van der Waals surface area contributed by atoms with Crippen LogP contribution in [0, 0.1) is 15.4 Å². The zero-order valence-electron chi connectivity index (χ0n) is 10.7. The van der Waals surface area contributed by atoms with Crippen molar-refractivity contribution >= 4 is 22.6 Å². The third-order valence-corrected chi connectivity index (χ3v) is 4.41. The van der Waals surface area contributed by atoms with E-state index in [2.05, 4.69) is 66.0 Å². The summed E-state index contributed by atoms with van der Waals surface area (Å²) in [5.74, 6) is 1.76. The zero-order chi connectivity index (χ0) is 12.3. The van der Waals surface area contributed by atoms with E-state index in [1.165, 1.54) is 28.4 Å². The van der Waals surface area contributed by atoms with Crippen LogP contribution in [0.3, 0.4) is 0 Å². The zero-order valence-corrected chi connectivity index (χ0v) is 12.9. The Bertz CT molecular complexity index is 336. The highest BCUT2D eigenvalue weighted by Gasteiger charge is 2.23. The maximum absolute atomic E-state index is 3.72. The Morgan fingerprint density at radius 3 is 2.24 bits per heavy atom. The van der Waals surface area contributed by atoms with Crippen molar-refractivity contribution in [2.24, 2.45) is 11.8 Å². The molecule has 0 radical (unpaired) electrons. The van der Waals surface area contributed by atoms with Crippen molar-refractivity contribution in [1.29, 1.82) is 0 Å². The van der Waals surface area contributed by atoms with Crippen molar-refractivity contribution in [3.05, 3.63) is 33.4 Å². The summed E-state index contributed by atoms with van der Waals surface area (Å²) >= 11 is 2.35. The van der Waals surface area contributed by atoms with Crippen LogP contribution in [0.15, 0.2) is 24.3 Å². The van der Waals surface area contributed by atoms with Gasteiger partial charge in [0.1, 0.15) is 0 Å². The fraction of sp³-hybridized carbons (Fsp3) is 0.600. The summed E-state index contributed by atoms with van der Waals surface area (Å²) < 4.78 is 1.31. The second-order valence-electron chi connectivity index (χ2n) is 5.62. The van der Waals surface area contributed by atoms with E-state index in [-0.39, 0.29) is 0 Å². The van der Waals surface area contributed by atoms with Crippen LogP contribution in [0.5, 0.6) is 0 Å². The topological polar surface area (TPSA) is 12.0 Å². The Balaban J connectivity index is 1.83. The lowest BCUT2D eigenvalue weighted by Gasteiger charge is -2.32. The predicted octanol–water partition coefficient (Wildman–Crippen LogP) is 4.21. The molecule has 2 unspecified atom stereocenters. The fourth-order valence-electron chi connectivity index (χ4n) is 2.98. The maximum Gasteiger partial charge on any atom is 0.0208 e. The van der Waals surface area contributed by atoms with Gasteiger partial charge in [-0.25, -0.2) is 0 Å². The number of benzene rings is 1. The molecular formula is C15H22IN. The van der Waals surface area contributed by atoms with Gasteiger partial charge in [-0.2, -0.15) is 0 Å². The van der Waals surface area contributed by atoms with Gasteiger partial charge in [-0.3, -0.25) is 0 Å². The molecule has 1 aromatic rings. The van der Waals surface area contributed by atoms with Crippen LogP contribution < -0.4 is 5.32 Å². The van der Waals surface area contributed by atoms with Crippen LogP contribution in [-0.4, -0.2) is 6.04 Å². The van der Waals surface area contributed by atoms with Gasteiger partial charge in [-0.1, -0.05) is 26.0 Å². The van der Waals surface area contributed by atoms with Gasteiger partial charge in [0.2, 0.25) is 0 Å². The molecule has 1 fully saturated rings. The molecule has 94 valence electrons. The molecule has 1 aromatic carbocycles. The van der Waals surface area contributed by atoms with Gasteiger partial charge in [-0.05, 0) is 71.4 Å². The van der Waals surface area contributed by atoms with Gasteiger partial charge in [0.15, 0.2) is 0 Å². The van der Waals surface area contributed by atoms with E-state index in [0.717, 1.165) is 18.4 Å². The third kappa shape index (κ3) is 4.25. The van der Waals surface area contributed by atoms with Crippen LogP contribution in [0.25, 0.3) is 0 Å². The number of rotatable bonds is 3. The van der Waals surface area contributed by atoms with Crippen LogP contribution in [-0.2, 0) is 6.54 Å². The number of hydrogen-bond acceptors (Lipinski definition) is 1. The van der Waals surface area contributed by atoms with E-state index >= 15 is 0 Å². The van der Waals surface area contributed by atoms with E-state index in [0.29, 0.717) is 6.04 Å². The molecule has 0 bridgehead atoms. The van der Waals surface area contributed by atoms with Crippen molar-refractivity contribution in [2.75, 3.05) is 0 Å². The first-order chi connectivity index (χ1) is 8.13. The Kier molecular flexibility index (Phi) is 4.86. The smallest absolute Gasteiger partial charge is 0.0208 e. The van der Waals surface area contributed by atoms with Crippen molar-refractivity contribution in [3.63, 3.8) is 0 Å². The van der Waals surface area contributed by atoms with Crippen LogP contribution >= 0.6 is 22.6 Å². The van der Waals surface area contributed by atoms with E-state index in [1.54, 1.807) is 0 Å². The normalized spacial score (nSPS) is 29.2. The van der Waals surface area contributed by atoms with Crippen molar-refractivity contribution < 1.29 is 0 Å². The molecule has 0 aliphatic heterocycles. The quantitative estimate of drug-likeness (QED) is 0.811. The third-order valence-electron chi connectivity index (χ3n) is 3.69. The van der Waals surface area contributed by atoms with Gasteiger partial charge < -0.3 is 5.32 Å². The minimum absolute atomic E-state index is 0.716. The Hall–Kier alpha value is -0.0900. The van der Waals surface area contributed by atoms with Crippen LogP contribution in [0.1, 0.15) is 38.7 Å². The second kappa shape index (κ2) is 6.19. The molecule has 0 spiro atoms.